The highest BCUT2D eigenvalue weighted by Crippen LogP contribution is 2.26. The molecule has 1 heterocycles. The van der Waals surface area contributed by atoms with Crippen LogP contribution < -0.4 is 5.32 Å². The summed E-state index contributed by atoms with van der Waals surface area (Å²) in [5, 5.41) is 20.9. The van der Waals surface area contributed by atoms with E-state index in [1.807, 2.05) is 0 Å². The van der Waals surface area contributed by atoms with Crippen molar-refractivity contribution in [3.8, 4) is 0 Å². The molecular formula is C15H16N2O5. The molecule has 0 radical (unpaired) electrons. The molecule has 0 bridgehead atoms. The second kappa shape index (κ2) is 5.98. The van der Waals surface area contributed by atoms with Crippen LogP contribution in [0.1, 0.15) is 21.5 Å². The highest BCUT2D eigenvalue weighted by atomic mass is 16.4. The summed E-state index contributed by atoms with van der Waals surface area (Å²) in [5.41, 5.74) is 1.73. The van der Waals surface area contributed by atoms with E-state index in [-0.39, 0.29) is 30.1 Å². The van der Waals surface area contributed by atoms with E-state index >= 15 is 0 Å². The van der Waals surface area contributed by atoms with Crippen LogP contribution in [-0.2, 0) is 9.59 Å². The number of aliphatic hydroxyl groups is 1. The van der Waals surface area contributed by atoms with E-state index in [1.54, 1.807) is 19.9 Å². The Morgan fingerprint density at radius 1 is 1.27 bits per heavy atom. The van der Waals surface area contributed by atoms with Gasteiger partial charge in [0.1, 0.15) is 5.70 Å². The van der Waals surface area contributed by atoms with Gasteiger partial charge in [0.15, 0.2) is 0 Å². The molecule has 2 rings (SSSR count). The Labute approximate surface area is 126 Å². The number of aromatic carboxylic acids is 1. The number of aliphatic hydroxyl groups excluding tert-OH is 1. The highest BCUT2D eigenvalue weighted by Gasteiger charge is 2.31. The summed E-state index contributed by atoms with van der Waals surface area (Å²) < 4.78 is 0. The molecule has 7 heteroatoms. The Kier molecular flexibility index (Phi) is 4.27. The molecular weight excluding hydrogens is 288 g/mol. The number of anilines is 1. The molecule has 0 saturated heterocycles. The van der Waals surface area contributed by atoms with Gasteiger partial charge >= 0.3 is 5.97 Å². The number of benzene rings is 1. The van der Waals surface area contributed by atoms with Crippen molar-refractivity contribution in [2.75, 3.05) is 18.5 Å². The molecule has 1 aliphatic heterocycles. The van der Waals surface area contributed by atoms with Crippen LogP contribution in [0.5, 0.6) is 0 Å². The van der Waals surface area contributed by atoms with Crippen LogP contribution in [0.3, 0.4) is 0 Å². The van der Waals surface area contributed by atoms with Gasteiger partial charge in [-0.3, -0.25) is 14.5 Å². The van der Waals surface area contributed by atoms with Crippen LogP contribution >= 0.6 is 0 Å². The molecule has 1 aromatic rings. The van der Waals surface area contributed by atoms with Crippen molar-refractivity contribution in [3.05, 3.63) is 40.6 Å². The number of imide groups is 1. The smallest absolute Gasteiger partial charge is 0.337 e. The van der Waals surface area contributed by atoms with Gasteiger partial charge in [0.25, 0.3) is 11.8 Å². The van der Waals surface area contributed by atoms with Crippen LogP contribution in [0.15, 0.2) is 23.9 Å². The first-order chi connectivity index (χ1) is 10.3. The number of amides is 2. The van der Waals surface area contributed by atoms with Crippen LogP contribution in [-0.4, -0.2) is 46.0 Å². The number of carboxylic acid groups (broad SMARTS) is 1. The monoisotopic (exact) mass is 304 g/mol. The first-order valence-corrected chi connectivity index (χ1v) is 6.65. The van der Waals surface area contributed by atoms with Crippen molar-refractivity contribution in [1.29, 1.82) is 0 Å². The molecule has 0 saturated carbocycles. The van der Waals surface area contributed by atoms with E-state index in [4.69, 9.17) is 5.11 Å². The number of carbonyl (C=O) groups is 3. The van der Waals surface area contributed by atoms with Gasteiger partial charge in [0, 0.05) is 6.08 Å². The number of nitrogens with zero attached hydrogens (tertiary/aromatic N) is 1. The number of carboxylic acids is 1. The quantitative estimate of drug-likeness (QED) is 0.690. The van der Waals surface area contributed by atoms with Crippen LogP contribution in [0, 0.1) is 13.8 Å². The third kappa shape index (κ3) is 2.84. The van der Waals surface area contributed by atoms with E-state index < -0.39 is 17.8 Å². The van der Waals surface area contributed by atoms with Crippen molar-refractivity contribution in [3.63, 3.8) is 0 Å². The minimum atomic E-state index is -1.13. The number of β-amino-alcohol motifs (C(OH)–C–C–N with tert-alkyl or cyclic N) is 1. The minimum Gasteiger partial charge on any atom is -0.478 e. The molecule has 0 atom stereocenters. The second-order valence-electron chi connectivity index (χ2n) is 5.01. The van der Waals surface area contributed by atoms with Gasteiger partial charge in [0.2, 0.25) is 0 Å². The molecule has 3 N–H and O–H groups in total. The van der Waals surface area contributed by atoms with Crippen molar-refractivity contribution in [2.24, 2.45) is 0 Å². The highest BCUT2D eigenvalue weighted by molar-refractivity contribution is 6.17. The fourth-order valence-corrected chi connectivity index (χ4v) is 2.35. The third-order valence-electron chi connectivity index (χ3n) is 3.30. The molecule has 2 amide bonds. The Morgan fingerprint density at radius 2 is 1.95 bits per heavy atom. The predicted octanol–water partition coefficient (Wildman–Crippen LogP) is 0.659. The summed E-state index contributed by atoms with van der Waals surface area (Å²) in [6.45, 7) is 3.06. The van der Waals surface area contributed by atoms with Gasteiger partial charge in [-0.25, -0.2) is 4.79 Å². The van der Waals surface area contributed by atoms with Gasteiger partial charge in [-0.05, 0) is 31.0 Å². The zero-order valence-electron chi connectivity index (χ0n) is 12.2. The van der Waals surface area contributed by atoms with Gasteiger partial charge in [-0.15, -0.1) is 0 Å². The number of carbonyl (C=O) groups excluding carboxylic acids is 2. The SMILES string of the molecule is Cc1cc(C)c(NC2=CC(=O)N(CCO)C2=O)c(C(=O)O)c1. The zero-order valence-corrected chi connectivity index (χ0v) is 12.2. The predicted molar refractivity (Wildman–Crippen MR) is 78.4 cm³/mol. The first kappa shape index (κ1) is 15.7. The van der Waals surface area contributed by atoms with E-state index in [9.17, 15) is 19.5 Å². The van der Waals surface area contributed by atoms with Crippen molar-refractivity contribution in [1.82, 2.24) is 4.90 Å². The number of nitrogens with one attached hydrogen (secondary N) is 1. The largest absolute Gasteiger partial charge is 0.478 e. The maximum atomic E-state index is 12.1. The number of hydrogen-bond donors (Lipinski definition) is 3. The lowest BCUT2D eigenvalue weighted by Crippen LogP contribution is -2.34. The van der Waals surface area contributed by atoms with E-state index in [0.717, 1.165) is 16.5 Å². The Morgan fingerprint density at radius 3 is 2.55 bits per heavy atom. The van der Waals surface area contributed by atoms with Crippen molar-refractivity contribution >= 4 is 23.5 Å². The summed E-state index contributed by atoms with van der Waals surface area (Å²) in [6, 6.07) is 3.27. The second-order valence-corrected chi connectivity index (χ2v) is 5.01. The lowest BCUT2D eigenvalue weighted by atomic mass is 10.0. The molecule has 1 aromatic carbocycles. The molecule has 0 fully saturated rings. The maximum absolute atomic E-state index is 12.1. The fourth-order valence-electron chi connectivity index (χ4n) is 2.35. The van der Waals surface area contributed by atoms with Gasteiger partial charge in [-0.1, -0.05) is 6.07 Å². The molecule has 0 unspecified atom stereocenters. The molecule has 116 valence electrons. The van der Waals surface area contributed by atoms with E-state index in [1.165, 1.54) is 6.07 Å². The lowest BCUT2D eigenvalue weighted by Gasteiger charge is -2.16. The van der Waals surface area contributed by atoms with Crippen molar-refractivity contribution in [2.45, 2.75) is 13.8 Å². The minimum absolute atomic E-state index is 0.00657. The van der Waals surface area contributed by atoms with E-state index in [0.29, 0.717) is 5.56 Å². The van der Waals surface area contributed by atoms with Crippen molar-refractivity contribution < 1.29 is 24.6 Å². The molecule has 1 aliphatic rings. The summed E-state index contributed by atoms with van der Waals surface area (Å²) in [5.74, 6) is -2.25. The third-order valence-corrected chi connectivity index (χ3v) is 3.30. The van der Waals surface area contributed by atoms with Crippen LogP contribution in [0.4, 0.5) is 5.69 Å². The zero-order chi connectivity index (χ0) is 16.4. The number of rotatable bonds is 5. The lowest BCUT2D eigenvalue weighted by molar-refractivity contribution is -0.137. The molecule has 0 aromatic heterocycles. The first-order valence-electron chi connectivity index (χ1n) is 6.65. The number of aryl methyl sites for hydroxylation is 2. The normalized spacial score (nSPS) is 14.3. The van der Waals surface area contributed by atoms with Crippen LogP contribution in [0.25, 0.3) is 0 Å². The summed E-state index contributed by atoms with van der Waals surface area (Å²) in [7, 11) is 0. The molecule has 22 heavy (non-hydrogen) atoms. The summed E-state index contributed by atoms with van der Waals surface area (Å²) >= 11 is 0. The fraction of sp³-hybridized carbons (Fsp3) is 0.267. The molecule has 0 aliphatic carbocycles. The Bertz CT molecular complexity index is 693. The number of hydrogen-bond acceptors (Lipinski definition) is 5. The average molecular weight is 304 g/mol. The Hall–Kier alpha value is -2.67. The van der Waals surface area contributed by atoms with Gasteiger partial charge in [-0.2, -0.15) is 0 Å². The Balaban J connectivity index is 2.36. The molecule has 7 nitrogen and oxygen atoms in total. The standard InChI is InChI=1S/C15H16N2O5/c1-8-5-9(2)13(10(6-8)15(21)22)16-11-7-12(19)17(3-4-18)14(11)20/h5-7,16,18H,3-4H2,1-2H3,(H,21,22). The van der Waals surface area contributed by atoms with Crippen LogP contribution in [0.2, 0.25) is 0 Å². The van der Waals surface area contributed by atoms with E-state index in [2.05, 4.69) is 5.32 Å². The topological polar surface area (TPSA) is 107 Å². The van der Waals surface area contributed by atoms with Gasteiger partial charge < -0.3 is 15.5 Å². The average Bonchev–Trinajstić information content (AvgIpc) is 2.69. The molecule has 0 spiro atoms. The summed E-state index contributed by atoms with van der Waals surface area (Å²) in [4.78, 5) is 36.0. The maximum Gasteiger partial charge on any atom is 0.337 e. The van der Waals surface area contributed by atoms with Gasteiger partial charge in [0.05, 0.1) is 24.4 Å². The summed E-state index contributed by atoms with van der Waals surface area (Å²) in [6.07, 6.45) is 1.10.